The fraction of sp³-hybridized carbons (Fsp3) is 0.125. The third-order valence-corrected chi connectivity index (χ3v) is 3.10. The number of hydrogen-bond donors (Lipinski definition) is 0. The van der Waals surface area contributed by atoms with E-state index in [1.807, 2.05) is 0 Å². The van der Waals surface area contributed by atoms with Gasteiger partial charge in [0.25, 0.3) is 0 Å². The van der Waals surface area contributed by atoms with Gasteiger partial charge >= 0.3 is 0 Å². The van der Waals surface area contributed by atoms with E-state index < -0.39 is 5.82 Å². The van der Waals surface area contributed by atoms with E-state index in [4.69, 9.17) is 0 Å². The number of benzene rings is 1. The van der Waals surface area contributed by atoms with Crippen LogP contribution in [-0.4, -0.2) is 25.5 Å². The minimum absolute atomic E-state index is 0.0165. The number of hydrogen-bond acceptors (Lipinski definition) is 4. The highest BCUT2D eigenvalue weighted by molar-refractivity contribution is 5.76. The summed E-state index contributed by atoms with van der Waals surface area (Å²) >= 11 is 0. The molecule has 0 saturated carbocycles. The van der Waals surface area contributed by atoms with Crippen LogP contribution in [0, 0.1) is 11.6 Å². The van der Waals surface area contributed by atoms with E-state index in [2.05, 4.69) is 15.1 Å². The lowest BCUT2D eigenvalue weighted by Crippen LogP contribution is -2.10. The lowest BCUT2D eigenvalue weighted by molar-refractivity contribution is -0.117. The van der Waals surface area contributed by atoms with Crippen LogP contribution >= 0.6 is 0 Å². The molecule has 23 heavy (non-hydrogen) atoms. The van der Waals surface area contributed by atoms with Crippen LogP contribution in [0.4, 0.5) is 8.78 Å². The normalized spacial score (nSPS) is 10.7. The third-order valence-electron chi connectivity index (χ3n) is 3.10. The number of pyridine rings is 1. The Hall–Kier alpha value is -2.96. The van der Waals surface area contributed by atoms with E-state index >= 15 is 0 Å². The molecule has 0 aliphatic carbocycles. The highest BCUT2D eigenvalue weighted by atomic mass is 19.1. The standard InChI is InChI=1S/C16H12F2N4O/c1-10(23)9-22-16(14-7-6-13(18)8-19-14)20-15(21-22)11-2-4-12(17)5-3-11/h2-8H,9H2,1H3. The van der Waals surface area contributed by atoms with Crippen LogP contribution in [0.5, 0.6) is 0 Å². The van der Waals surface area contributed by atoms with E-state index in [9.17, 15) is 13.6 Å². The summed E-state index contributed by atoms with van der Waals surface area (Å²) in [4.78, 5) is 19.7. The van der Waals surface area contributed by atoms with Crippen LogP contribution in [0.15, 0.2) is 42.6 Å². The van der Waals surface area contributed by atoms with Crippen LogP contribution in [0.25, 0.3) is 22.9 Å². The molecule has 0 fully saturated rings. The molecule has 116 valence electrons. The van der Waals surface area contributed by atoms with Crippen molar-refractivity contribution in [1.29, 1.82) is 0 Å². The minimum atomic E-state index is -0.467. The van der Waals surface area contributed by atoms with Gasteiger partial charge in [-0.2, -0.15) is 0 Å². The zero-order valence-electron chi connectivity index (χ0n) is 12.2. The second kappa shape index (κ2) is 6.04. The Bertz CT molecular complexity index is 842. The molecule has 0 aliphatic heterocycles. The molecular formula is C16H12F2N4O. The predicted octanol–water partition coefficient (Wildman–Crippen LogP) is 2.87. The first-order chi connectivity index (χ1) is 11.0. The van der Waals surface area contributed by atoms with E-state index in [0.717, 1.165) is 6.20 Å². The van der Waals surface area contributed by atoms with Gasteiger partial charge in [-0.1, -0.05) is 0 Å². The van der Waals surface area contributed by atoms with Crippen LogP contribution in [0.3, 0.4) is 0 Å². The Kier molecular flexibility index (Phi) is 3.92. The summed E-state index contributed by atoms with van der Waals surface area (Å²) < 4.78 is 27.5. The number of aromatic nitrogens is 4. The molecule has 3 aromatic rings. The van der Waals surface area contributed by atoms with Gasteiger partial charge in [-0.05, 0) is 43.3 Å². The van der Waals surface area contributed by atoms with Crippen molar-refractivity contribution in [3.05, 3.63) is 54.2 Å². The molecule has 0 radical (unpaired) electrons. The SMILES string of the molecule is CC(=O)Cn1nc(-c2ccc(F)cc2)nc1-c1ccc(F)cn1. The quantitative estimate of drug-likeness (QED) is 0.743. The molecule has 3 rings (SSSR count). The molecule has 5 nitrogen and oxygen atoms in total. The monoisotopic (exact) mass is 314 g/mol. The van der Waals surface area contributed by atoms with Crippen LogP contribution < -0.4 is 0 Å². The van der Waals surface area contributed by atoms with E-state index in [1.165, 1.54) is 35.9 Å². The van der Waals surface area contributed by atoms with E-state index in [0.29, 0.717) is 22.9 Å². The number of halogens is 2. The molecule has 0 aliphatic rings. The maximum atomic E-state index is 13.0. The van der Waals surface area contributed by atoms with Gasteiger partial charge in [0, 0.05) is 5.56 Å². The van der Waals surface area contributed by atoms with E-state index in [1.54, 1.807) is 12.1 Å². The predicted molar refractivity (Wildman–Crippen MR) is 79.3 cm³/mol. The molecule has 0 amide bonds. The Morgan fingerprint density at radius 1 is 1.09 bits per heavy atom. The Morgan fingerprint density at radius 2 is 1.78 bits per heavy atom. The maximum absolute atomic E-state index is 13.0. The Morgan fingerprint density at radius 3 is 2.39 bits per heavy atom. The summed E-state index contributed by atoms with van der Waals surface area (Å²) in [6.07, 6.45) is 1.07. The fourth-order valence-corrected chi connectivity index (χ4v) is 2.08. The molecule has 0 saturated heterocycles. The van der Waals surface area contributed by atoms with Crippen molar-refractivity contribution in [3.8, 4) is 22.9 Å². The Labute approximate surface area is 130 Å². The van der Waals surface area contributed by atoms with Crippen LogP contribution in [0.1, 0.15) is 6.92 Å². The van der Waals surface area contributed by atoms with Crippen LogP contribution in [-0.2, 0) is 11.3 Å². The second-order valence-electron chi connectivity index (χ2n) is 4.99. The molecule has 2 heterocycles. The number of carbonyl (C=O) groups is 1. The molecule has 0 unspecified atom stereocenters. The molecule has 7 heteroatoms. The lowest BCUT2D eigenvalue weighted by atomic mass is 10.2. The lowest BCUT2D eigenvalue weighted by Gasteiger charge is -2.02. The third kappa shape index (κ3) is 3.28. The minimum Gasteiger partial charge on any atom is -0.298 e. The Balaban J connectivity index is 2.08. The molecule has 2 aromatic heterocycles. The number of nitrogens with zero attached hydrogens (tertiary/aromatic N) is 4. The summed E-state index contributed by atoms with van der Waals surface area (Å²) in [6, 6.07) is 8.42. The first kappa shape index (κ1) is 15.0. The number of ketones is 1. The van der Waals surface area contributed by atoms with Gasteiger partial charge in [0.2, 0.25) is 0 Å². The summed E-state index contributed by atoms with van der Waals surface area (Å²) in [6.45, 7) is 1.45. The molecule has 0 bridgehead atoms. The first-order valence-electron chi connectivity index (χ1n) is 6.85. The average Bonchev–Trinajstić information content (AvgIpc) is 2.92. The summed E-state index contributed by atoms with van der Waals surface area (Å²) in [5.74, 6) is -0.252. The van der Waals surface area contributed by atoms with Gasteiger partial charge in [0.15, 0.2) is 17.4 Å². The summed E-state index contributed by atoms with van der Waals surface area (Å²) in [5.41, 5.74) is 1.01. The summed E-state index contributed by atoms with van der Waals surface area (Å²) in [7, 11) is 0. The maximum Gasteiger partial charge on any atom is 0.181 e. The number of Topliss-reactive ketones (excluding diaryl/α,β-unsaturated/α-hetero) is 1. The number of rotatable bonds is 4. The van der Waals surface area contributed by atoms with Gasteiger partial charge < -0.3 is 0 Å². The highest BCUT2D eigenvalue weighted by Crippen LogP contribution is 2.21. The van der Waals surface area contributed by atoms with Crippen molar-refractivity contribution in [2.75, 3.05) is 0 Å². The molecule has 0 atom stereocenters. The summed E-state index contributed by atoms with van der Waals surface area (Å²) in [5, 5.41) is 4.28. The molecule has 0 N–H and O–H groups in total. The highest BCUT2D eigenvalue weighted by Gasteiger charge is 2.15. The van der Waals surface area contributed by atoms with Gasteiger partial charge in [-0.25, -0.2) is 23.4 Å². The molecule has 0 spiro atoms. The first-order valence-corrected chi connectivity index (χ1v) is 6.85. The fourth-order valence-electron chi connectivity index (χ4n) is 2.08. The van der Waals surface area contributed by atoms with E-state index in [-0.39, 0.29) is 18.1 Å². The van der Waals surface area contributed by atoms with Crippen molar-refractivity contribution >= 4 is 5.78 Å². The van der Waals surface area contributed by atoms with Crippen molar-refractivity contribution in [2.24, 2.45) is 0 Å². The van der Waals surface area contributed by atoms with Gasteiger partial charge in [-0.15, -0.1) is 5.10 Å². The number of carbonyl (C=O) groups excluding carboxylic acids is 1. The van der Waals surface area contributed by atoms with Gasteiger partial charge in [0.05, 0.1) is 6.20 Å². The van der Waals surface area contributed by atoms with Gasteiger partial charge in [-0.3, -0.25) is 4.79 Å². The molecular weight excluding hydrogens is 302 g/mol. The topological polar surface area (TPSA) is 60.7 Å². The van der Waals surface area contributed by atoms with Gasteiger partial charge in [0.1, 0.15) is 23.9 Å². The zero-order chi connectivity index (χ0) is 16.4. The smallest absolute Gasteiger partial charge is 0.181 e. The van der Waals surface area contributed by atoms with Crippen molar-refractivity contribution in [3.63, 3.8) is 0 Å². The van der Waals surface area contributed by atoms with Crippen molar-refractivity contribution in [2.45, 2.75) is 13.5 Å². The zero-order valence-corrected chi connectivity index (χ0v) is 12.2. The molecule has 1 aromatic carbocycles. The largest absolute Gasteiger partial charge is 0.298 e. The van der Waals surface area contributed by atoms with Crippen molar-refractivity contribution < 1.29 is 13.6 Å². The van der Waals surface area contributed by atoms with Crippen molar-refractivity contribution in [1.82, 2.24) is 19.7 Å². The average molecular weight is 314 g/mol. The van der Waals surface area contributed by atoms with Crippen LogP contribution in [0.2, 0.25) is 0 Å². The second-order valence-corrected chi connectivity index (χ2v) is 4.99.